The lowest BCUT2D eigenvalue weighted by molar-refractivity contribution is -0.145. The summed E-state index contributed by atoms with van der Waals surface area (Å²) in [6.45, 7) is 6.60. The second kappa shape index (κ2) is 5.65. The number of aromatic nitrogens is 2. The van der Waals surface area contributed by atoms with Crippen molar-refractivity contribution in [2.75, 3.05) is 13.7 Å². The smallest absolute Gasteiger partial charge is 0.324 e. The minimum Gasteiger partial charge on any atom is -0.465 e. The molecule has 90 valence electrons. The molecule has 0 fully saturated rings. The molecule has 1 unspecified atom stereocenters. The number of carbonyl (C=O) groups excluding carboxylic acids is 1. The van der Waals surface area contributed by atoms with E-state index in [1.807, 2.05) is 24.6 Å². The highest BCUT2D eigenvalue weighted by molar-refractivity contribution is 5.75. The SMILES string of the molecule is CCOC(=O)C(Cn1cc(C)nc1C)NC. The van der Waals surface area contributed by atoms with Crippen LogP contribution in [0.15, 0.2) is 6.20 Å². The van der Waals surface area contributed by atoms with Gasteiger partial charge in [0.25, 0.3) is 0 Å². The van der Waals surface area contributed by atoms with Gasteiger partial charge < -0.3 is 14.6 Å². The summed E-state index contributed by atoms with van der Waals surface area (Å²) in [7, 11) is 1.75. The number of nitrogens with one attached hydrogen (secondary N) is 1. The quantitative estimate of drug-likeness (QED) is 0.748. The van der Waals surface area contributed by atoms with E-state index in [0.29, 0.717) is 13.2 Å². The van der Waals surface area contributed by atoms with Crippen molar-refractivity contribution in [3.63, 3.8) is 0 Å². The van der Waals surface area contributed by atoms with Gasteiger partial charge in [-0.25, -0.2) is 4.98 Å². The molecule has 1 rings (SSSR count). The number of ether oxygens (including phenoxy) is 1. The molecule has 0 aliphatic heterocycles. The first kappa shape index (κ1) is 12.7. The van der Waals surface area contributed by atoms with E-state index in [2.05, 4.69) is 10.3 Å². The third-order valence-electron chi connectivity index (χ3n) is 2.40. The fraction of sp³-hybridized carbons (Fsp3) is 0.636. The lowest BCUT2D eigenvalue weighted by Crippen LogP contribution is -2.39. The number of carbonyl (C=O) groups is 1. The molecule has 1 atom stereocenters. The molecule has 0 spiro atoms. The van der Waals surface area contributed by atoms with Crippen molar-refractivity contribution in [2.45, 2.75) is 33.4 Å². The third-order valence-corrected chi connectivity index (χ3v) is 2.40. The molecule has 1 N–H and O–H groups in total. The minimum absolute atomic E-state index is 0.226. The van der Waals surface area contributed by atoms with E-state index in [1.54, 1.807) is 14.0 Å². The number of hydrogen-bond acceptors (Lipinski definition) is 4. The molecule has 0 saturated carbocycles. The van der Waals surface area contributed by atoms with Crippen molar-refractivity contribution < 1.29 is 9.53 Å². The predicted octanol–water partition coefficient (Wildman–Crippen LogP) is 0.651. The van der Waals surface area contributed by atoms with Crippen molar-refractivity contribution in [2.24, 2.45) is 0 Å². The van der Waals surface area contributed by atoms with Crippen molar-refractivity contribution >= 4 is 5.97 Å². The van der Waals surface area contributed by atoms with Crippen molar-refractivity contribution in [3.8, 4) is 0 Å². The Bertz CT molecular complexity index is 360. The van der Waals surface area contributed by atoms with E-state index >= 15 is 0 Å². The predicted molar refractivity (Wildman–Crippen MR) is 61.2 cm³/mol. The average molecular weight is 225 g/mol. The largest absolute Gasteiger partial charge is 0.465 e. The zero-order valence-corrected chi connectivity index (χ0v) is 10.3. The molecule has 1 aromatic heterocycles. The summed E-state index contributed by atoms with van der Waals surface area (Å²) in [6, 6.07) is -0.327. The molecule has 0 aromatic carbocycles. The molecule has 16 heavy (non-hydrogen) atoms. The summed E-state index contributed by atoms with van der Waals surface area (Å²) in [5.41, 5.74) is 0.955. The Hall–Kier alpha value is -1.36. The monoisotopic (exact) mass is 225 g/mol. The molecular weight excluding hydrogens is 206 g/mol. The maximum Gasteiger partial charge on any atom is 0.324 e. The zero-order valence-electron chi connectivity index (χ0n) is 10.3. The van der Waals surface area contributed by atoms with Crippen LogP contribution < -0.4 is 5.32 Å². The topological polar surface area (TPSA) is 56.2 Å². The van der Waals surface area contributed by atoms with Gasteiger partial charge in [0, 0.05) is 12.7 Å². The van der Waals surface area contributed by atoms with E-state index in [1.165, 1.54) is 0 Å². The summed E-state index contributed by atoms with van der Waals surface area (Å²) in [4.78, 5) is 15.9. The Morgan fingerprint density at radius 3 is 2.75 bits per heavy atom. The zero-order chi connectivity index (χ0) is 12.1. The fourth-order valence-corrected chi connectivity index (χ4v) is 1.58. The molecule has 5 heteroatoms. The van der Waals surface area contributed by atoms with Gasteiger partial charge in [0.2, 0.25) is 0 Å². The highest BCUT2D eigenvalue weighted by Crippen LogP contribution is 2.03. The number of hydrogen-bond donors (Lipinski definition) is 1. The van der Waals surface area contributed by atoms with Crippen molar-refractivity contribution in [1.82, 2.24) is 14.9 Å². The van der Waals surface area contributed by atoms with Crippen LogP contribution >= 0.6 is 0 Å². The Morgan fingerprint density at radius 2 is 2.31 bits per heavy atom. The van der Waals surface area contributed by atoms with Gasteiger partial charge in [-0.3, -0.25) is 4.79 Å². The van der Waals surface area contributed by atoms with E-state index < -0.39 is 0 Å². The number of likely N-dealkylation sites (N-methyl/N-ethyl adjacent to an activating group) is 1. The van der Waals surface area contributed by atoms with Crippen LogP contribution in [0.2, 0.25) is 0 Å². The van der Waals surface area contributed by atoms with Crippen molar-refractivity contribution in [1.29, 1.82) is 0 Å². The maximum absolute atomic E-state index is 11.6. The molecule has 0 bridgehead atoms. The van der Waals surface area contributed by atoms with Gasteiger partial charge in [-0.1, -0.05) is 0 Å². The summed E-state index contributed by atoms with van der Waals surface area (Å²) in [5.74, 6) is 0.679. The first-order chi connectivity index (χ1) is 7.58. The Labute approximate surface area is 95.8 Å². The van der Waals surface area contributed by atoms with Crippen molar-refractivity contribution in [3.05, 3.63) is 17.7 Å². The number of aryl methyl sites for hydroxylation is 2. The van der Waals surface area contributed by atoms with Gasteiger partial charge in [-0.05, 0) is 27.8 Å². The fourth-order valence-electron chi connectivity index (χ4n) is 1.58. The Kier molecular flexibility index (Phi) is 4.49. The number of rotatable bonds is 5. The highest BCUT2D eigenvalue weighted by atomic mass is 16.5. The van der Waals surface area contributed by atoms with Crippen LogP contribution in [0.3, 0.4) is 0 Å². The van der Waals surface area contributed by atoms with E-state index in [4.69, 9.17) is 4.74 Å². The molecule has 0 aliphatic rings. The molecule has 1 aromatic rings. The lowest BCUT2D eigenvalue weighted by Gasteiger charge is -2.15. The van der Waals surface area contributed by atoms with Crippen LogP contribution in [0.4, 0.5) is 0 Å². The molecule has 0 amide bonds. The summed E-state index contributed by atoms with van der Waals surface area (Å²) >= 11 is 0. The minimum atomic E-state index is -0.327. The summed E-state index contributed by atoms with van der Waals surface area (Å²) < 4.78 is 6.93. The normalized spacial score (nSPS) is 12.5. The number of nitrogens with zero attached hydrogens (tertiary/aromatic N) is 2. The van der Waals surface area contributed by atoms with Crippen LogP contribution in [-0.4, -0.2) is 35.2 Å². The molecule has 0 saturated heterocycles. The van der Waals surface area contributed by atoms with Crippen LogP contribution in [0.5, 0.6) is 0 Å². The van der Waals surface area contributed by atoms with Gasteiger partial charge in [-0.15, -0.1) is 0 Å². The molecular formula is C11H19N3O2. The molecule has 1 heterocycles. The standard InChI is InChI=1S/C11H19N3O2/c1-5-16-11(15)10(12-4)7-14-6-8(2)13-9(14)3/h6,10,12H,5,7H2,1-4H3. The first-order valence-electron chi connectivity index (χ1n) is 5.42. The van der Waals surface area contributed by atoms with Gasteiger partial charge in [0.1, 0.15) is 11.9 Å². The summed E-state index contributed by atoms with van der Waals surface area (Å²) in [6.07, 6.45) is 1.93. The van der Waals surface area contributed by atoms with E-state index in [0.717, 1.165) is 11.5 Å². The van der Waals surface area contributed by atoms with Crippen LogP contribution in [0, 0.1) is 13.8 Å². The van der Waals surface area contributed by atoms with Crippen LogP contribution in [0.1, 0.15) is 18.4 Å². The molecule has 0 radical (unpaired) electrons. The Balaban J connectivity index is 2.70. The second-order valence-corrected chi connectivity index (χ2v) is 3.68. The van der Waals surface area contributed by atoms with Gasteiger partial charge in [0.15, 0.2) is 0 Å². The van der Waals surface area contributed by atoms with Crippen LogP contribution in [-0.2, 0) is 16.1 Å². The van der Waals surface area contributed by atoms with Crippen LogP contribution in [0.25, 0.3) is 0 Å². The summed E-state index contributed by atoms with van der Waals surface area (Å²) in [5, 5.41) is 2.95. The first-order valence-corrected chi connectivity index (χ1v) is 5.42. The van der Waals surface area contributed by atoms with Gasteiger partial charge in [0.05, 0.1) is 12.3 Å². The number of esters is 1. The van der Waals surface area contributed by atoms with E-state index in [9.17, 15) is 4.79 Å². The maximum atomic E-state index is 11.6. The van der Waals surface area contributed by atoms with E-state index in [-0.39, 0.29) is 12.0 Å². The number of imidazole rings is 1. The second-order valence-electron chi connectivity index (χ2n) is 3.68. The average Bonchev–Trinajstić information content (AvgIpc) is 2.54. The van der Waals surface area contributed by atoms with Gasteiger partial charge >= 0.3 is 5.97 Å². The molecule has 5 nitrogen and oxygen atoms in total. The van der Waals surface area contributed by atoms with Gasteiger partial charge in [-0.2, -0.15) is 0 Å². The highest BCUT2D eigenvalue weighted by Gasteiger charge is 2.18. The third kappa shape index (κ3) is 3.06. The molecule has 0 aliphatic carbocycles. The Morgan fingerprint density at radius 1 is 1.62 bits per heavy atom. The lowest BCUT2D eigenvalue weighted by atomic mass is 10.3.